The second-order valence-electron chi connectivity index (χ2n) is 3.43. The van der Waals surface area contributed by atoms with Gasteiger partial charge in [0.25, 0.3) is 0 Å². The fraction of sp³-hybridized carbons (Fsp3) is 0.250. The molecule has 0 spiro atoms. The maximum absolute atomic E-state index is 8.58. The van der Waals surface area contributed by atoms with Gasteiger partial charge in [-0.1, -0.05) is 41.1 Å². The molecule has 0 aliphatic rings. The highest BCUT2D eigenvalue weighted by Gasteiger charge is 1.95. The van der Waals surface area contributed by atoms with E-state index in [1.165, 1.54) is 5.56 Å². The van der Waals surface area contributed by atoms with Gasteiger partial charge in [-0.15, -0.1) is 0 Å². The number of oxime groups is 1. The van der Waals surface area contributed by atoms with Crippen LogP contribution < -0.4 is 0 Å². The van der Waals surface area contributed by atoms with Gasteiger partial charge in [-0.3, -0.25) is 0 Å². The molecule has 1 aromatic rings. The van der Waals surface area contributed by atoms with Gasteiger partial charge in [-0.25, -0.2) is 0 Å². The van der Waals surface area contributed by atoms with Crippen molar-refractivity contribution < 1.29 is 5.21 Å². The number of hydrogen-bond acceptors (Lipinski definition) is 2. The van der Waals surface area contributed by atoms with E-state index in [9.17, 15) is 0 Å². The number of hydrogen-bond donors (Lipinski definition) is 1. The molecule has 0 fully saturated rings. The van der Waals surface area contributed by atoms with E-state index in [2.05, 4.69) is 24.2 Å². The lowest BCUT2D eigenvalue weighted by atomic mass is 10.1. The van der Waals surface area contributed by atoms with E-state index in [0.29, 0.717) is 5.71 Å². The van der Waals surface area contributed by atoms with Crippen LogP contribution >= 0.6 is 0 Å². The van der Waals surface area contributed by atoms with Gasteiger partial charge >= 0.3 is 0 Å². The topological polar surface area (TPSA) is 32.6 Å². The highest BCUT2D eigenvalue weighted by Crippen LogP contribution is 2.09. The van der Waals surface area contributed by atoms with Crippen molar-refractivity contribution in [3.8, 4) is 0 Å². The van der Waals surface area contributed by atoms with Crippen LogP contribution in [0.1, 0.15) is 25.0 Å². The first-order chi connectivity index (χ1) is 6.63. The molecular weight excluding hydrogens is 174 g/mol. The third-order valence-corrected chi connectivity index (χ3v) is 2.15. The third-order valence-electron chi connectivity index (χ3n) is 2.15. The van der Waals surface area contributed by atoms with Gasteiger partial charge in [0.2, 0.25) is 0 Å². The number of aryl methyl sites for hydroxylation is 1. The van der Waals surface area contributed by atoms with Gasteiger partial charge in [-0.05, 0) is 31.9 Å². The molecule has 2 nitrogen and oxygen atoms in total. The van der Waals surface area contributed by atoms with Crippen LogP contribution in [-0.2, 0) is 0 Å². The molecule has 0 unspecified atom stereocenters. The molecule has 0 aromatic heterocycles. The summed E-state index contributed by atoms with van der Waals surface area (Å²) < 4.78 is 0. The molecule has 0 aliphatic carbocycles. The number of rotatable bonds is 2. The highest BCUT2D eigenvalue weighted by atomic mass is 16.4. The number of benzene rings is 1. The van der Waals surface area contributed by atoms with Crippen molar-refractivity contribution in [3.05, 3.63) is 41.0 Å². The van der Waals surface area contributed by atoms with E-state index in [0.717, 1.165) is 11.1 Å². The van der Waals surface area contributed by atoms with Gasteiger partial charge in [0.15, 0.2) is 0 Å². The van der Waals surface area contributed by atoms with Crippen molar-refractivity contribution in [2.45, 2.75) is 20.8 Å². The smallest absolute Gasteiger partial charge is 0.0794 e. The van der Waals surface area contributed by atoms with Crippen molar-refractivity contribution in [3.63, 3.8) is 0 Å². The van der Waals surface area contributed by atoms with Crippen molar-refractivity contribution in [2.75, 3.05) is 0 Å². The maximum atomic E-state index is 8.58. The molecule has 14 heavy (non-hydrogen) atoms. The van der Waals surface area contributed by atoms with Crippen LogP contribution in [0.25, 0.3) is 6.08 Å². The Morgan fingerprint density at radius 1 is 1.36 bits per heavy atom. The lowest BCUT2D eigenvalue weighted by Crippen LogP contribution is -1.92. The van der Waals surface area contributed by atoms with E-state index in [4.69, 9.17) is 5.21 Å². The summed E-state index contributed by atoms with van der Waals surface area (Å²) in [5.41, 5.74) is 3.97. The second kappa shape index (κ2) is 4.61. The van der Waals surface area contributed by atoms with Crippen LogP contribution in [0.2, 0.25) is 0 Å². The molecule has 1 N–H and O–H groups in total. The molecule has 0 bridgehead atoms. The van der Waals surface area contributed by atoms with E-state index in [1.807, 2.05) is 25.1 Å². The summed E-state index contributed by atoms with van der Waals surface area (Å²) in [7, 11) is 0. The van der Waals surface area contributed by atoms with E-state index < -0.39 is 0 Å². The quantitative estimate of drug-likeness (QED) is 0.432. The van der Waals surface area contributed by atoms with E-state index >= 15 is 0 Å². The molecule has 1 aromatic carbocycles. The zero-order valence-corrected chi connectivity index (χ0v) is 8.78. The lowest BCUT2D eigenvalue weighted by Gasteiger charge is -1.99. The molecule has 0 saturated heterocycles. The number of nitrogens with zero attached hydrogens (tertiary/aromatic N) is 1. The Labute approximate surface area is 84.6 Å². The summed E-state index contributed by atoms with van der Waals surface area (Å²) >= 11 is 0. The second-order valence-corrected chi connectivity index (χ2v) is 3.43. The Morgan fingerprint density at radius 2 is 2.07 bits per heavy atom. The summed E-state index contributed by atoms with van der Waals surface area (Å²) in [4.78, 5) is 0. The average molecular weight is 189 g/mol. The molecule has 1 rings (SSSR count). The van der Waals surface area contributed by atoms with Gasteiger partial charge in [-0.2, -0.15) is 0 Å². The summed E-state index contributed by atoms with van der Waals surface area (Å²) in [6.45, 7) is 5.76. The Bertz CT molecular complexity index is 378. The zero-order valence-electron chi connectivity index (χ0n) is 8.78. The van der Waals surface area contributed by atoms with Gasteiger partial charge in [0, 0.05) is 0 Å². The van der Waals surface area contributed by atoms with Crippen molar-refractivity contribution in [1.29, 1.82) is 0 Å². The Hall–Kier alpha value is -1.57. The lowest BCUT2D eigenvalue weighted by molar-refractivity contribution is 0.319. The van der Waals surface area contributed by atoms with Crippen LogP contribution in [0.5, 0.6) is 0 Å². The normalized spacial score (nSPS) is 13.1. The largest absolute Gasteiger partial charge is 0.411 e. The Morgan fingerprint density at radius 3 is 2.64 bits per heavy atom. The predicted octanol–water partition coefficient (Wildman–Crippen LogP) is 3.25. The van der Waals surface area contributed by atoms with Gasteiger partial charge in [0.1, 0.15) is 0 Å². The first-order valence-corrected chi connectivity index (χ1v) is 4.57. The Kier molecular flexibility index (Phi) is 3.46. The van der Waals surface area contributed by atoms with Crippen LogP contribution in [-0.4, -0.2) is 10.9 Å². The number of allylic oxidation sites excluding steroid dienone is 1. The molecular formula is C12H15NO. The minimum absolute atomic E-state index is 0.645. The van der Waals surface area contributed by atoms with Crippen molar-refractivity contribution >= 4 is 11.8 Å². The monoisotopic (exact) mass is 189 g/mol. The van der Waals surface area contributed by atoms with Crippen LogP contribution in [0.15, 0.2) is 35.0 Å². The van der Waals surface area contributed by atoms with Gasteiger partial charge < -0.3 is 5.21 Å². The maximum Gasteiger partial charge on any atom is 0.0794 e. The third kappa shape index (κ3) is 2.73. The molecule has 0 heterocycles. The fourth-order valence-electron chi connectivity index (χ4n) is 1.19. The summed E-state index contributed by atoms with van der Waals surface area (Å²) in [6.07, 6.45) is 2.00. The molecule has 0 saturated carbocycles. The van der Waals surface area contributed by atoms with E-state index in [1.54, 1.807) is 6.92 Å². The summed E-state index contributed by atoms with van der Waals surface area (Å²) in [5.74, 6) is 0. The van der Waals surface area contributed by atoms with Crippen LogP contribution in [0, 0.1) is 6.92 Å². The minimum atomic E-state index is 0.645. The Balaban J connectivity index is 2.97. The first-order valence-electron chi connectivity index (χ1n) is 4.57. The van der Waals surface area contributed by atoms with Gasteiger partial charge in [0.05, 0.1) is 5.71 Å². The first kappa shape index (κ1) is 10.5. The molecule has 0 amide bonds. The molecule has 0 atom stereocenters. The van der Waals surface area contributed by atoms with Crippen LogP contribution in [0.4, 0.5) is 0 Å². The summed E-state index contributed by atoms with van der Waals surface area (Å²) in [5, 5.41) is 11.7. The SMILES string of the molecule is CC(=C/c1cccc(C)c1)/C(C)=N/O. The minimum Gasteiger partial charge on any atom is -0.411 e. The molecule has 74 valence electrons. The highest BCUT2D eigenvalue weighted by molar-refractivity contribution is 6.01. The van der Waals surface area contributed by atoms with Crippen molar-refractivity contribution in [1.82, 2.24) is 0 Å². The summed E-state index contributed by atoms with van der Waals surface area (Å²) in [6, 6.07) is 8.19. The average Bonchev–Trinajstić information content (AvgIpc) is 2.16. The molecule has 2 heteroatoms. The van der Waals surface area contributed by atoms with E-state index in [-0.39, 0.29) is 0 Å². The van der Waals surface area contributed by atoms with Crippen molar-refractivity contribution in [2.24, 2.45) is 5.16 Å². The zero-order chi connectivity index (χ0) is 10.6. The van der Waals surface area contributed by atoms with Crippen LogP contribution in [0.3, 0.4) is 0 Å². The fourth-order valence-corrected chi connectivity index (χ4v) is 1.19. The molecule has 0 aliphatic heterocycles. The standard InChI is InChI=1S/C12H15NO/c1-9-5-4-6-12(7-9)8-10(2)11(3)13-14/h4-8,14H,1-3H3/b10-8-,13-11+. The molecule has 0 radical (unpaired) electrons. The predicted molar refractivity (Wildman–Crippen MR) is 59.7 cm³/mol.